The molecule has 0 N–H and O–H groups in total. The van der Waals surface area contributed by atoms with Gasteiger partial charge in [-0.25, -0.2) is 4.98 Å². The predicted octanol–water partition coefficient (Wildman–Crippen LogP) is 2.13. The fraction of sp³-hybridized carbons (Fsp3) is 0.533. The van der Waals surface area contributed by atoms with Crippen LogP contribution in [-0.4, -0.2) is 47.2 Å². The smallest absolute Gasteiger partial charge is 0.290 e. The van der Waals surface area contributed by atoms with Gasteiger partial charge in [0.05, 0.1) is 4.92 Å². The Hall–Kier alpha value is -2.71. The number of hydrogen-bond donors (Lipinski definition) is 0. The molecule has 2 aromatic rings. The van der Waals surface area contributed by atoms with Crippen LogP contribution in [-0.2, 0) is 0 Å². The van der Waals surface area contributed by atoms with E-state index in [9.17, 15) is 10.1 Å². The molecule has 24 heavy (non-hydrogen) atoms. The second-order valence-electron chi connectivity index (χ2n) is 6.17. The summed E-state index contributed by atoms with van der Waals surface area (Å²) in [5.74, 6) is 2.27. The molecule has 1 aliphatic heterocycles. The summed E-state index contributed by atoms with van der Waals surface area (Å²) >= 11 is 0. The summed E-state index contributed by atoms with van der Waals surface area (Å²) in [6.07, 6.45) is 3.09. The molecule has 3 heterocycles. The number of pyridine rings is 1. The van der Waals surface area contributed by atoms with Gasteiger partial charge in [0.1, 0.15) is 12.0 Å². The van der Waals surface area contributed by atoms with Crippen LogP contribution in [0.2, 0.25) is 0 Å². The first-order valence-corrected chi connectivity index (χ1v) is 7.82. The predicted molar refractivity (Wildman–Crippen MR) is 88.4 cm³/mol. The van der Waals surface area contributed by atoms with Crippen molar-refractivity contribution in [1.29, 1.82) is 0 Å². The summed E-state index contributed by atoms with van der Waals surface area (Å²) in [5.41, 5.74) is 0.676. The maximum absolute atomic E-state index is 10.9. The minimum absolute atomic E-state index is 0.0516. The zero-order chi connectivity index (χ0) is 17.3. The Bertz CT molecular complexity index is 737. The van der Waals surface area contributed by atoms with Gasteiger partial charge in [-0.05, 0) is 31.0 Å². The van der Waals surface area contributed by atoms with Gasteiger partial charge in [0.2, 0.25) is 5.89 Å². The van der Waals surface area contributed by atoms with E-state index in [1.165, 1.54) is 6.20 Å². The highest BCUT2D eigenvalue weighted by molar-refractivity contribution is 5.49. The Morgan fingerprint density at radius 2 is 2.08 bits per heavy atom. The normalized spacial score (nSPS) is 15.5. The van der Waals surface area contributed by atoms with Crippen LogP contribution < -0.4 is 9.80 Å². The Morgan fingerprint density at radius 1 is 1.38 bits per heavy atom. The second-order valence-corrected chi connectivity index (χ2v) is 6.17. The van der Waals surface area contributed by atoms with E-state index < -0.39 is 4.92 Å². The van der Waals surface area contributed by atoms with Gasteiger partial charge >= 0.3 is 0 Å². The van der Waals surface area contributed by atoms with Crippen LogP contribution in [0.15, 0.2) is 16.8 Å². The van der Waals surface area contributed by atoms with Crippen molar-refractivity contribution in [3.8, 4) is 0 Å². The van der Waals surface area contributed by atoms with Crippen LogP contribution in [0, 0.1) is 17.0 Å². The molecule has 0 aliphatic carbocycles. The summed E-state index contributed by atoms with van der Waals surface area (Å²) < 4.78 is 5.36. The lowest BCUT2D eigenvalue weighted by Crippen LogP contribution is -2.33. The van der Waals surface area contributed by atoms with Crippen LogP contribution in [0.25, 0.3) is 0 Å². The fourth-order valence-corrected chi connectivity index (χ4v) is 2.83. The molecule has 0 atom stereocenters. The third kappa shape index (κ3) is 3.15. The lowest BCUT2D eigenvalue weighted by molar-refractivity contribution is -0.385. The van der Waals surface area contributed by atoms with E-state index in [2.05, 4.69) is 20.0 Å². The summed E-state index contributed by atoms with van der Waals surface area (Å²) in [6.45, 7) is 3.33. The topological polar surface area (TPSA) is 101 Å². The molecule has 3 rings (SSSR count). The summed E-state index contributed by atoms with van der Waals surface area (Å²) in [4.78, 5) is 23.1. The minimum atomic E-state index is -0.406. The van der Waals surface area contributed by atoms with Gasteiger partial charge in [0, 0.05) is 38.7 Å². The summed E-state index contributed by atoms with van der Waals surface area (Å²) in [5, 5.41) is 14.8. The van der Waals surface area contributed by atoms with E-state index >= 15 is 0 Å². The number of nitrogens with zero attached hydrogens (tertiary/aromatic N) is 6. The first-order valence-electron chi connectivity index (χ1n) is 7.82. The number of anilines is 2. The Balaban J connectivity index is 1.66. The van der Waals surface area contributed by atoms with E-state index in [0.717, 1.165) is 31.7 Å². The first-order chi connectivity index (χ1) is 11.5. The highest BCUT2D eigenvalue weighted by Gasteiger charge is 2.26. The summed E-state index contributed by atoms with van der Waals surface area (Å²) in [6, 6.07) is 1.77. The van der Waals surface area contributed by atoms with Gasteiger partial charge in [-0.2, -0.15) is 4.98 Å². The quantitative estimate of drug-likeness (QED) is 0.620. The molecule has 0 spiro atoms. The molecular weight excluding hydrogens is 312 g/mol. The largest absolute Gasteiger partial charge is 0.357 e. The number of aromatic nitrogens is 3. The van der Waals surface area contributed by atoms with Crippen molar-refractivity contribution in [3.63, 3.8) is 0 Å². The maximum Gasteiger partial charge on any atom is 0.290 e. The average molecular weight is 332 g/mol. The third-order valence-corrected chi connectivity index (χ3v) is 4.26. The van der Waals surface area contributed by atoms with Crippen LogP contribution in [0.3, 0.4) is 0 Å². The van der Waals surface area contributed by atoms with Crippen molar-refractivity contribution >= 4 is 17.5 Å². The molecular formula is C15H20N6O3. The molecule has 128 valence electrons. The summed E-state index contributed by atoms with van der Waals surface area (Å²) in [7, 11) is 3.75. The SMILES string of the molecule is Cc1cc(N2CCC(c3nc(N(C)C)no3)CC2)ncc1[N+](=O)[O-]. The van der Waals surface area contributed by atoms with E-state index in [0.29, 0.717) is 17.4 Å². The van der Waals surface area contributed by atoms with Gasteiger partial charge in [0.25, 0.3) is 11.6 Å². The molecule has 1 aliphatic rings. The molecule has 0 unspecified atom stereocenters. The molecule has 0 bridgehead atoms. The molecule has 9 nitrogen and oxygen atoms in total. The van der Waals surface area contributed by atoms with Gasteiger partial charge in [-0.3, -0.25) is 10.1 Å². The highest BCUT2D eigenvalue weighted by Crippen LogP contribution is 2.30. The monoisotopic (exact) mass is 332 g/mol. The highest BCUT2D eigenvalue weighted by atomic mass is 16.6. The second kappa shape index (κ2) is 6.42. The zero-order valence-electron chi connectivity index (χ0n) is 14.0. The van der Waals surface area contributed by atoms with Crippen LogP contribution >= 0.6 is 0 Å². The average Bonchev–Trinajstić information content (AvgIpc) is 3.05. The van der Waals surface area contributed by atoms with Crippen molar-refractivity contribution in [1.82, 2.24) is 15.1 Å². The molecule has 0 aromatic carbocycles. The minimum Gasteiger partial charge on any atom is -0.357 e. The van der Waals surface area contributed by atoms with Crippen LogP contribution in [0.4, 0.5) is 17.5 Å². The Labute approximate surface area is 139 Å². The molecule has 2 aromatic heterocycles. The van der Waals surface area contributed by atoms with Crippen molar-refractivity contribution in [3.05, 3.63) is 33.8 Å². The number of nitro groups is 1. The molecule has 0 saturated carbocycles. The van der Waals surface area contributed by atoms with Crippen molar-refractivity contribution in [2.75, 3.05) is 37.0 Å². The lowest BCUT2D eigenvalue weighted by atomic mass is 9.97. The van der Waals surface area contributed by atoms with Gasteiger partial charge < -0.3 is 14.3 Å². The van der Waals surface area contributed by atoms with Crippen LogP contribution in [0.5, 0.6) is 0 Å². The van der Waals surface area contributed by atoms with Crippen LogP contribution in [0.1, 0.15) is 30.2 Å². The molecule has 1 saturated heterocycles. The van der Waals surface area contributed by atoms with Crippen molar-refractivity contribution < 1.29 is 9.45 Å². The lowest BCUT2D eigenvalue weighted by Gasteiger charge is -2.31. The zero-order valence-corrected chi connectivity index (χ0v) is 14.0. The molecule has 0 radical (unpaired) electrons. The number of aryl methyl sites for hydroxylation is 1. The van der Waals surface area contributed by atoms with E-state index in [1.807, 2.05) is 19.0 Å². The molecule has 9 heteroatoms. The number of rotatable bonds is 4. The van der Waals surface area contributed by atoms with E-state index in [-0.39, 0.29) is 11.6 Å². The first kappa shape index (κ1) is 16.2. The maximum atomic E-state index is 10.9. The van der Waals surface area contributed by atoms with Gasteiger partial charge in [0.15, 0.2) is 0 Å². The Morgan fingerprint density at radius 3 is 2.62 bits per heavy atom. The molecule has 0 amide bonds. The van der Waals surface area contributed by atoms with Crippen molar-refractivity contribution in [2.24, 2.45) is 0 Å². The third-order valence-electron chi connectivity index (χ3n) is 4.26. The van der Waals surface area contributed by atoms with E-state index in [4.69, 9.17) is 4.52 Å². The van der Waals surface area contributed by atoms with Gasteiger partial charge in [-0.15, -0.1) is 0 Å². The van der Waals surface area contributed by atoms with Crippen molar-refractivity contribution in [2.45, 2.75) is 25.7 Å². The Kier molecular flexibility index (Phi) is 4.32. The number of hydrogen-bond acceptors (Lipinski definition) is 8. The van der Waals surface area contributed by atoms with Gasteiger partial charge in [-0.1, -0.05) is 0 Å². The molecule has 1 fully saturated rings. The number of piperidine rings is 1. The van der Waals surface area contributed by atoms with E-state index in [1.54, 1.807) is 13.0 Å². The standard InChI is InChI=1S/C15H20N6O3/c1-10-8-13(16-9-12(10)21(22)23)20-6-4-11(5-7-20)14-17-15(18-24-14)19(2)3/h8-9,11H,4-7H2,1-3H3. The fourth-order valence-electron chi connectivity index (χ4n) is 2.83.